The Kier molecular flexibility index (Phi) is 5.21. The molecule has 3 aromatic heterocycles. The number of fused-ring (bicyclic) bond motifs is 1. The van der Waals surface area contributed by atoms with Crippen molar-refractivity contribution in [3.63, 3.8) is 0 Å². The first kappa shape index (κ1) is 21.7. The number of amides is 1. The average Bonchev–Trinajstić information content (AvgIpc) is 3.65. The number of aliphatic hydroxyl groups is 1. The van der Waals surface area contributed by atoms with Crippen molar-refractivity contribution in [1.29, 1.82) is 0 Å². The summed E-state index contributed by atoms with van der Waals surface area (Å²) in [6.07, 6.45) is 9.37. The molecular formula is C26H26N6O3. The van der Waals surface area contributed by atoms with E-state index in [1.165, 1.54) is 17.1 Å². The van der Waals surface area contributed by atoms with Crippen LogP contribution in [0.15, 0.2) is 66.1 Å². The van der Waals surface area contributed by atoms with Gasteiger partial charge in [0.1, 0.15) is 11.7 Å². The summed E-state index contributed by atoms with van der Waals surface area (Å²) in [5.41, 5.74) is 1.94. The lowest BCUT2D eigenvalue weighted by Crippen LogP contribution is -2.50. The van der Waals surface area contributed by atoms with Crippen molar-refractivity contribution in [2.75, 3.05) is 13.1 Å². The van der Waals surface area contributed by atoms with Crippen LogP contribution in [0.3, 0.4) is 0 Å². The molecule has 4 aromatic rings. The minimum Gasteiger partial charge on any atom is -0.388 e. The minimum absolute atomic E-state index is 0.141. The zero-order valence-corrected chi connectivity index (χ0v) is 19.2. The highest BCUT2D eigenvalue weighted by atomic mass is 16.3. The number of pyridine rings is 1. The van der Waals surface area contributed by atoms with Crippen molar-refractivity contribution in [2.45, 2.75) is 37.8 Å². The SMILES string of the molecule is O=C(C1CC1)N1CCC(O)(Cn2cnc3c(cnn3-c3cccc(-c4cccnc4)c3)c2=O)CC1. The molecule has 4 heterocycles. The highest BCUT2D eigenvalue weighted by Crippen LogP contribution is 2.33. The number of likely N-dealkylation sites (tertiary alicyclic amines) is 1. The van der Waals surface area contributed by atoms with E-state index in [-0.39, 0.29) is 23.9 Å². The third-order valence-corrected chi connectivity index (χ3v) is 7.04. The summed E-state index contributed by atoms with van der Waals surface area (Å²) in [6.45, 7) is 1.17. The lowest BCUT2D eigenvalue weighted by atomic mass is 9.91. The Hall–Kier alpha value is -3.85. The van der Waals surface area contributed by atoms with Crippen LogP contribution >= 0.6 is 0 Å². The fourth-order valence-corrected chi connectivity index (χ4v) is 4.81. The molecule has 2 fully saturated rings. The van der Waals surface area contributed by atoms with Gasteiger partial charge in [-0.3, -0.25) is 19.1 Å². The van der Waals surface area contributed by atoms with Gasteiger partial charge in [-0.05, 0) is 49.4 Å². The van der Waals surface area contributed by atoms with Gasteiger partial charge in [0.25, 0.3) is 5.56 Å². The smallest absolute Gasteiger partial charge is 0.264 e. The predicted molar refractivity (Wildman–Crippen MR) is 130 cm³/mol. The summed E-state index contributed by atoms with van der Waals surface area (Å²) in [7, 11) is 0. The molecule has 1 amide bonds. The first-order valence-electron chi connectivity index (χ1n) is 12.0. The van der Waals surface area contributed by atoms with Crippen molar-refractivity contribution in [2.24, 2.45) is 5.92 Å². The number of hydrogen-bond acceptors (Lipinski definition) is 6. The Morgan fingerprint density at radius 1 is 1.09 bits per heavy atom. The molecule has 0 spiro atoms. The molecule has 1 saturated carbocycles. The summed E-state index contributed by atoms with van der Waals surface area (Å²) in [5.74, 6) is 0.379. The van der Waals surface area contributed by atoms with E-state index in [9.17, 15) is 14.7 Å². The van der Waals surface area contributed by atoms with E-state index in [0.29, 0.717) is 37.0 Å². The van der Waals surface area contributed by atoms with Crippen LogP contribution in [0.5, 0.6) is 0 Å². The molecule has 9 nitrogen and oxygen atoms in total. The Morgan fingerprint density at radius 2 is 1.89 bits per heavy atom. The molecule has 6 rings (SSSR count). The Bertz CT molecular complexity index is 1450. The van der Waals surface area contributed by atoms with Crippen LogP contribution in [0, 0.1) is 5.92 Å². The predicted octanol–water partition coefficient (Wildman–Crippen LogP) is 2.41. The van der Waals surface area contributed by atoms with E-state index < -0.39 is 5.60 Å². The van der Waals surface area contributed by atoms with Crippen LogP contribution < -0.4 is 5.56 Å². The quantitative estimate of drug-likeness (QED) is 0.480. The maximum atomic E-state index is 13.2. The molecule has 0 unspecified atom stereocenters. The maximum Gasteiger partial charge on any atom is 0.264 e. The van der Waals surface area contributed by atoms with Crippen LogP contribution in [-0.4, -0.2) is 58.9 Å². The molecule has 0 radical (unpaired) electrons. The van der Waals surface area contributed by atoms with Gasteiger partial charge in [0, 0.05) is 37.0 Å². The highest BCUT2D eigenvalue weighted by Gasteiger charge is 2.39. The normalized spacial score (nSPS) is 17.6. The van der Waals surface area contributed by atoms with E-state index >= 15 is 0 Å². The Morgan fingerprint density at radius 3 is 2.63 bits per heavy atom. The fraction of sp³-hybridized carbons (Fsp3) is 0.346. The molecule has 178 valence electrons. The molecule has 1 aromatic carbocycles. The van der Waals surface area contributed by atoms with Gasteiger partial charge < -0.3 is 10.0 Å². The molecule has 0 bridgehead atoms. The average molecular weight is 471 g/mol. The van der Waals surface area contributed by atoms with Crippen molar-refractivity contribution in [3.8, 4) is 16.8 Å². The number of nitrogens with zero attached hydrogens (tertiary/aromatic N) is 6. The largest absolute Gasteiger partial charge is 0.388 e. The monoisotopic (exact) mass is 470 g/mol. The van der Waals surface area contributed by atoms with Crippen LogP contribution in [0.2, 0.25) is 0 Å². The van der Waals surface area contributed by atoms with Crippen molar-refractivity contribution in [3.05, 3.63) is 71.7 Å². The van der Waals surface area contributed by atoms with Gasteiger partial charge >= 0.3 is 0 Å². The number of hydrogen-bond donors (Lipinski definition) is 1. The van der Waals surface area contributed by atoms with E-state index in [1.807, 2.05) is 41.3 Å². The van der Waals surface area contributed by atoms with Crippen LogP contribution in [-0.2, 0) is 11.3 Å². The molecule has 1 N–H and O–H groups in total. The molecule has 35 heavy (non-hydrogen) atoms. The molecule has 9 heteroatoms. The second kappa shape index (κ2) is 8.42. The molecule has 1 saturated heterocycles. The topological polar surface area (TPSA) is 106 Å². The highest BCUT2D eigenvalue weighted by molar-refractivity contribution is 5.81. The Balaban J connectivity index is 1.24. The molecular weight excluding hydrogens is 444 g/mol. The van der Waals surface area contributed by atoms with Gasteiger partial charge in [0.2, 0.25) is 5.91 Å². The molecule has 1 aliphatic carbocycles. The van der Waals surface area contributed by atoms with E-state index in [2.05, 4.69) is 15.1 Å². The minimum atomic E-state index is -1.05. The van der Waals surface area contributed by atoms with Gasteiger partial charge in [0.15, 0.2) is 5.65 Å². The van der Waals surface area contributed by atoms with Crippen LogP contribution in [0.4, 0.5) is 0 Å². The van der Waals surface area contributed by atoms with Gasteiger partial charge in [-0.15, -0.1) is 0 Å². The zero-order valence-electron chi connectivity index (χ0n) is 19.2. The second-order valence-electron chi connectivity index (χ2n) is 9.59. The van der Waals surface area contributed by atoms with Crippen LogP contribution in [0.1, 0.15) is 25.7 Å². The maximum absolute atomic E-state index is 13.2. The molecule has 1 aliphatic heterocycles. The van der Waals surface area contributed by atoms with E-state index in [1.54, 1.807) is 17.1 Å². The number of benzene rings is 1. The van der Waals surface area contributed by atoms with E-state index in [4.69, 9.17) is 0 Å². The number of carbonyl (C=O) groups excluding carboxylic acids is 1. The van der Waals surface area contributed by atoms with E-state index in [0.717, 1.165) is 29.7 Å². The zero-order chi connectivity index (χ0) is 24.0. The number of piperidine rings is 1. The van der Waals surface area contributed by atoms with Crippen LogP contribution in [0.25, 0.3) is 27.8 Å². The number of aromatic nitrogens is 5. The van der Waals surface area contributed by atoms with Crippen molar-refractivity contribution in [1.82, 2.24) is 29.2 Å². The van der Waals surface area contributed by atoms with Gasteiger partial charge in [-0.2, -0.15) is 5.10 Å². The van der Waals surface area contributed by atoms with Gasteiger partial charge in [-0.25, -0.2) is 9.67 Å². The summed E-state index contributed by atoms with van der Waals surface area (Å²) < 4.78 is 3.11. The van der Waals surface area contributed by atoms with Gasteiger partial charge in [0.05, 0.1) is 24.0 Å². The lowest BCUT2D eigenvalue weighted by molar-refractivity contribution is -0.137. The third-order valence-electron chi connectivity index (χ3n) is 7.04. The molecule has 0 atom stereocenters. The fourth-order valence-electron chi connectivity index (χ4n) is 4.81. The van der Waals surface area contributed by atoms with Crippen molar-refractivity contribution >= 4 is 16.9 Å². The standard InChI is InChI=1S/C26H26N6O3/c33-24(18-6-7-18)30-11-8-26(35,9-12-30)16-31-17-28-23-22(25(31)34)15-29-32(23)21-5-1-3-19(13-21)20-4-2-10-27-14-20/h1-5,10,13-15,17-18,35H,6-9,11-12,16H2. The van der Waals surface area contributed by atoms with Crippen molar-refractivity contribution < 1.29 is 9.90 Å². The first-order valence-corrected chi connectivity index (χ1v) is 12.0. The summed E-state index contributed by atoms with van der Waals surface area (Å²) in [5, 5.41) is 16.0. The first-order chi connectivity index (χ1) is 17.0. The summed E-state index contributed by atoms with van der Waals surface area (Å²) in [4.78, 5) is 36.1. The lowest BCUT2D eigenvalue weighted by Gasteiger charge is -2.38. The molecule has 2 aliphatic rings. The number of rotatable bonds is 5. The number of carbonyl (C=O) groups is 1. The third kappa shape index (κ3) is 4.12. The second-order valence-corrected chi connectivity index (χ2v) is 9.59. The summed E-state index contributed by atoms with van der Waals surface area (Å²) >= 11 is 0. The van der Waals surface area contributed by atoms with Gasteiger partial charge in [-0.1, -0.05) is 18.2 Å². The Labute approximate surface area is 201 Å². The summed E-state index contributed by atoms with van der Waals surface area (Å²) in [6, 6.07) is 11.7.